The summed E-state index contributed by atoms with van der Waals surface area (Å²) in [5, 5.41) is 7.05. The Balaban J connectivity index is 1.51. The van der Waals surface area contributed by atoms with Gasteiger partial charge in [-0.15, -0.1) is 0 Å². The Morgan fingerprint density at radius 2 is 1.71 bits per heavy atom. The van der Waals surface area contributed by atoms with Gasteiger partial charge in [0.25, 0.3) is 5.91 Å². The maximum atomic E-state index is 12.9. The van der Waals surface area contributed by atoms with Crippen molar-refractivity contribution in [1.82, 2.24) is 20.2 Å². The molecule has 0 bridgehead atoms. The van der Waals surface area contributed by atoms with Crippen LogP contribution in [0.15, 0.2) is 30.3 Å². The predicted molar refractivity (Wildman–Crippen MR) is 144 cm³/mol. The fourth-order valence-corrected chi connectivity index (χ4v) is 4.33. The molecule has 11 heteroatoms. The average Bonchev–Trinajstić information content (AvgIpc) is 2.97. The van der Waals surface area contributed by atoms with Crippen molar-refractivity contribution in [1.29, 1.82) is 0 Å². The van der Waals surface area contributed by atoms with Crippen LogP contribution in [0.25, 0.3) is 10.9 Å². The van der Waals surface area contributed by atoms with Gasteiger partial charge in [0.15, 0.2) is 0 Å². The lowest BCUT2D eigenvalue weighted by Crippen LogP contribution is -2.38. The van der Waals surface area contributed by atoms with E-state index in [9.17, 15) is 4.79 Å². The minimum absolute atomic E-state index is 0.144. The molecule has 0 radical (unpaired) electrons. The molecule has 2 N–H and O–H groups in total. The van der Waals surface area contributed by atoms with Crippen LogP contribution in [0, 0.1) is 0 Å². The molecule has 2 heterocycles. The molecule has 11 nitrogen and oxygen atoms in total. The van der Waals surface area contributed by atoms with E-state index in [2.05, 4.69) is 25.5 Å². The molecule has 0 aliphatic carbocycles. The molecule has 38 heavy (non-hydrogen) atoms. The third-order valence-corrected chi connectivity index (χ3v) is 6.41. The molecular weight excluding hydrogens is 490 g/mol. The topological polar surface area (TPSA) is 116 Å². The van der Waals surface area contributed by atoms with Gasteiger partial charge in [-0.05, 0) is 31.2 Å². The Labute approximate surface area is 222 Å². The number of aromatic nitrogens is 2. The first-order valence-corrected chi connectivity index (χ1v) is 12.5. The van der Waals surface area contributed by atoms with Crippen molar-refractivity contribution in [3.8, 4) is 23.3 Å². The lowest BCUT2D eigenvalue weighted by atomic mass is 10.1. The molecule has 4 rings (SSSR count). The molecule has 3 aromatic rings. The van der Waals surface area contributed by atoms with E-state index < -0.39 is 0 Å². The molecule has 0 spiro atoms. The van der Waals surface area contributed by atoms with Crippen LogP contribution in [-0.2, 0) is 11.3 Å². The zero-order valence-corrected chi connectivity index (χ0v) is 22.3. The minimum Gasteiger partial charge on any atom is -0.496 e. The number of carbonyl (C=O) groups excluding carboxylic acids is 1. The number of rotatable bonds is 12. The average molecular weight is 526 g/mol. The number of hydrogen-bond acceptors (Lipinski definition) is 10. The third-order valence-electron chi connectivity index (χ3n) is 6.41. The third kappa shape index (κ3) is 6.53. The second-order valence-electron chi connectivity index (χ2n) is 8.72. The van der Waals surface area contributed by atoms with Crippen molar-refractivity contribution < 1.29 is 28.5 Å². The van der Waals surface area contributed by atoms with E-state index in [4.69, 9.17) is 23.7 Å². The zero-order chi connectivity index (χ0) is 26.9. The summed E-state index contributed by atoms with van der Waals surface area (Å²) in [6.45, 7) is 5.27. The van der Waals surface area contributed by atoms with Crippen LogP contribution in [-0.4, -0.2) is 88.6 Å². The fourth-order valence-electron chi connectivity index (χ4n) is 4.33. The van der Waals surface area contributed by atoms with Gasteiger partial charge in [0.1, 0.15) is 23.1 Å². The fraction of sp³-hybridized carbons (Fsp3) is 0.444. The van der Waals surface area contributed by atoms with Gasteiger partial charge < -0.3 is 34.3 Å². The van der Waals surface area contributed by atoms with Crippen LogP contribution in [0.4, 0.5) is 5.82 Å². The smallest absolute Gasteiger partial charge is 0.318 e. The van der Waals surface area contributed by atoms with Crippen LogP contribution in [0.3, 0.4) is 0 Å². The number of amides is 1. The molecule has 1 aliphatic heterocycles. The Hall–Kier alpha value is -3.83. The Morgan fingerprint density at radius 3 is 2.37 bits per heavy atom. The molecule has 1 saturated heterocycles. The Morgan fingerprint density at radius 1 is 0.974 bits per heavy atom. The summed E-state index contributed by atoms with van der Waals surface area (Å²) >= 11 is 0. The zero-order valence-electron chi connectivity index (χ0n) is 22.3. The molecule has 0 atom stereocenters. The summed E-state index contributed by atoms with van der Waals surface area (Å²) in [5.41, 5.74) is 1.97. The standard InChI is InChI=1S/C27H35N5O6/c1-34-19-15-23(35-2)21(24(16-19)36-3)17-29-25-20-14-18(6-7-22(20)30-27(31-25)37-4)26(33)28-8-5-9-32-10-12-38-13-11-32/h6-7,14-16H,5,8-13,17H2,1-4H3,(H,28,33)(H,29,30,31). The second kappa shape index (κ2) is 13.1. The quantitative estimate of drug-likeness (QED) is 0.342. The van der Waals surface area contributed by atoms with Crippen LogP contribution < -0.4 is 29.6 Å². The first kappa shape index (κ1) is 27.2. The van der Waals surface area contributed by atoms with Gasteiger partial charge in [0.2, 0.25) is 0 Å². The lowest BCUT2D eigenvalue weighted by molar-refractivity contribution is 0.0374. The van der Waals surface area contributed by atoms with Gasteiger partial charge in [-0.1, -0.05) is 0 Å². The molecule has 0 saturated carbocycles. The van der Waals surface area contributed by atoms with Crippen LogP contribution in [0.2, 0.25) is 0 Å². The Bertz CT molecular complexity index is 1220. The van der Waals surface area contributed by atoms with Crippen LogP contribution in [0.1, 0.15) is 22.3 Å². The summed E-state index contributed by atoms with van der Waals surface area (Å²) in [4.78, 5) is 24.2. The molecule has 1 aliphatic rings. The summed E-state index contributed by atoms with van der Waals surface area (Å²) in [5.74, 6) is 2.22. The van der Waals surface area contributed by atoms with Crippen molar-refractivity contribution in [3.05, 3.63) is 41.5 Å². The molecule has 204 valence electrons. The van der Waals surface area contributed by atoms with Gasteiger partial charge in [-0.3, -0.25) is 9.69 Å². The normalized spacial score (nSPS) is 13.7. The van der Waals surface area contributed by atoms with E-state index in [0.717, 1.165) is 44.8 Å². The van der Waals surface area contributed by atoms with Gasteiger partial charge >= 0.3 is 6.01 Å². The highest BCUT2D eigenvalue weighted by Gasteiger charge is 2.17. The first-order valence-electron chi connectivity index (χ1n) is 12.5. The SMILES string of the molecule is COc1cc(OC)c(CNc2nc(OC)nc3ccc(C(=O)NCCCN4CCOCC4)cc23)c(OC)c1. The van der Waals surface area contributed by atoms with Crippen molar-refractivity contribution in [2.75, 3.05) is 73.1 Å². The maximum Gasteiger partial charge on any atom is 0.318 e. The number of methoxy groups -OCH3 is 4. The summed E-state index contributed by atoms with van der Waals surface area (Å²) in [7, 11) is 6.28. The molecule has 0 unspecified atom stereocenters. The number of hydrogen-bond donors (Lipinski definition) is 2. The van der Waals surface area contributed by atoms with Gasteiger partial charge in [-0.2, -0.15) is 9.97 Å². The number of morpholine rings is 1. The predicted octanol–water partition coefficient (Wildman–Crippen LogP) is 2.73. The highest BCUT2D eigenvalue weighted by molar-refractivity contribution is 6.00. The van der Waals surface area contributed by atoms with Crippen molar-refractivity contribution >= 4 is 22.6 Å². The van der Waals surface area contributed by atoms with Crippen molar-refractivity contribution in [2.24, 2.45) is 0 Å². The summed E-state index contributed by atoms with van der Waals surface area (Å²) < 4.78 is 27.2. The van der Waals surface area contributed by atoms with Crippen LogP contribution >= 0.6 is 0 Å². The lowest BCUT2D eigenvalue weighted by Gasteiger charge is -2.26. The minimum atomic E-state index is -0.144. The van der Waals surface area contributed by atoms with E-state index in [1.54, 1.807) is 51.7 Å². The van der Waals surface area contributed by atoms with Gasteiger partial charge in [0, 0.05) is 49.3 Å². The molecule has 1 aromatic heterocycles. The highest BCUT2D eigenvalue weighted by Crippen LogP contribution is 2.35. The molecule has 1 fully saturated rings. The van der Waals surface area contributed by atoms with E-state index in [-0.39, 0.29) is 11.9 Å². The molecule has 1 amide bonds. The van der Waals surface area contributed by atoms with Gasteiger partial charge in [-0.25, -0.2) is 0 Å². The molecule has 2 aromatic carbocycles. The van der Waals surface area contributed by atoms with Gasteiger partial charge in [0.05, 0.1) is 52.7 Å². The number of benzene rings is 2. The van der Waals surface area contributed by atoms with Crippen molar-refractivity contribution in [2.45, 2.75) is 13.0 Å². The first-order chi connectivity index (χ1) is 18.6. The van der Waals surface area contributed by atoms with Crippen LogP contribution in [0.5, 0.6) is 23.3 Å². The number of carbonyl (C=O) groups is 1. The maximum absolute atomic E-state index is 12.9. The number of ether oxygens (including phenoxy) is 5. The molecular formula is C27H35N5O6. The monoisotopic (exact) mass is 525 g/mol. The van der Waals surface area contributed by atoms with E-state index >= 15 is 0 Å². The van der Waals surface area contributed by atoms with E-state index in [1.807, 2.05) is 0 Å². The number of fused-ring (bicyclic) bond motifs is 1. The highest BCUT2D eigenvalue weighted by atomic mass is 16.5. The largest absolute Gasteiger partial charge is 0.496 e. The summed E-state index contributed by atoms with van der Waals surface area (Å²) in [6, 6.07) is 9.14. The second-order valence-corrected chi connectivity index (χ2v) is 8.72. The number of nitrogens with zero attached hydrogens (tertiary/aromatic N) is 3. The van der Waals surface area contributed by atoms with Crippen molar-refractivity contribution in [3.63, 3.8) is 0 Å². The summed E-state index contributed by atoms with van der Waals surface area (Å²) in [6.07, 6.45) is 0.873. The number of anilines is 1. The van der Waals surface area contributed by atoms with E-state index in [1.165, 1.54) is 7.11 Å². The Kier molecular flexibility index (Phi) is 9.39. The number of nitrogens with one attached hydrogen (secondary N) is 2. The van der Waals surface area contributed by atoms with E-state index in [0.29, 0.717) is 52.6 Å².